The molecule has 2 aliphatic rings. The van der Waals surface area contributed by atoms with Crippen molar-refractivity contribution in [1.29, 1.82) is 0 Å². The van der Waals surface area contributed by atoms with Crippen LogP contribution in [0.2, 0.25) is 0 Å². The molecule has 6 rings (SSSR count). The summed E-state index contributed by atoms with van der Waals surface area (Å²) in [6, 6.07) is 8.25. The highest BCUT2D eigenvalue weighted by Gasteiger charge is 2.57. The second-order valence-corrected chi connectivity index (χ2v) is 11.2. The molecule has 3 atom stereocenters. The molecule has 234 valence electrons. The molecule has 2 aromatic carbocycles. The van der Waals surface area contributed by atoms with E-state index < -0.39 is 89.3 Å². The van der Waals surface area contributed by atoms with Gasteiger partial charge in [0.05, 0.1) is 28.6 Å². The number of aromatic nitrogens is 3. The van der Waals surface area contributed by atoms with Crippen LogP contribution in [-0.4, -0.2) is 26.6 Å². The highest BCUT2D eigenvalue weighted by molar-refractivity contribution is 5.94. The first-order valence-electron chi connectivity index (χ1n) is 13.9. The van der Waals surface area contributed by atoms with Crippen molar-refractivity contribution in [3.63, 3.8) is 0 Å². The second-order valence-electron chi connectivity index (χ2n) is 11.2. The average Bonchev–Trinajstić information content (AvgIpc) is 3.60. The van der Waals surface area contributed by atoms with E-state index in [-0.39, 0.29) is 28.9 Å². The first-order valence-corrected chi connectivity index (χ1v) is 13.9. The van der Waals surface area contributed by atoms with E-state index in [1.54, 1.807) is 6.07 Å². The van der Waals surface area contributed by atoms with Crippen molar-refractivity contribution >= 4 is 11.8 Å². The standard InChI is InChI=1S/C31H24F7N5O2/c32-17-6-14(7-18(33)11-17)8-23(26-19(2-1-5-40-26)15-3-4-22(34)21(9-15)30(39)45)41-24(44)13-43-28-20-10-16(20)12-31(37,38)25(28)27(42-43)29(35)36/h1-7,9,11,16,20,23,29H,8,10,12-13H2,(H2,39,45)(H,41,44). The monoisotopic (exact) mass is 631 g/mol. The number of nitrogens with two attached hydrogens (primary N) is 1. The number of fused-ring (bicyclic) bond motifs is 3. The molecule has 7 nitrogen and oxygen atoms in total. The number of carbonyl (C=O) groups excluding carboxylic acids is 2. The number of amides is 2. The molecule has 2 heterocycles. The number of hydrogen-bond acceptors (Lipinski definition) is 4. The van der Waals surface area contributed by atoms with Crippen LogP contribution in [0.25, 0.3) is 11.1 Å². The Kier molecular flexibility index (Phi) is 7.61. The molecule has 4 aromatic rings. The first-order chi connectivity index (χ1) is 21.3. The van der Waals surface area contributed by atoms with Gasteiger partial charge in [0.15, 0.2) is 0 Å². The molecule has 2 amide bonds. The third kappa shape index (κ3) is 5.88. The van der Waals surface area contributed by atoms with Gasteiger partial charge in [0.25, 0.3) is 18.3 Å². The molecule has 2 aromatic heterocycles. The maximum atomic E-state index is 14.9. The van der Waals surface area contributed by atoms with Crippen molar-refractivity contribution in [2.75, 3.05) is 0 Å². The summed E-state index contributed by atoms with van der Waals surface area (Å²) in [5.41, 5.74) is 3.71. The van der Waals surface area contributed by atoms with Crippen LogP contribution in [0.1, 0.15) is 69.8 Å². The molecule has 0 saturated heterocycles. The predicted octanol–water partition coefficient (Wildman–Crippen LogP) is 6.10. The summed E-state index contributed by atoms with van der Waals surface area (Å²) in [5, 5.41) is 6.40. The quantitative estimate of drug-likeness (QED) is 0.218. The fraction of sp³-hybridized carbons (Fsp3) is 0.290. The smallest absolute Gasteiger partial charge is 0.282 e. The number of pyridine rings is 1. The molecule has 0 spiro atoms. The number of halogens is 7. The SMILES string of the molecule is NC(=O)c1cc(-c2cccnc2C(Cc2cc(F)cc(F)c2)NC(=O)Cn2nc(C(F)F)c3c2C2CC2CC3(F)F)ccc1F. The number of rotatable bonds is 9. The summed E-state index contributed by atoms with van der Waals surface area (Å²) in [6.07, 6.45) is -2.36. The van der Waals surface area contributed by atoms with E-state index in [1.165, 1.54) is 24.4 Å². The zero-order chi connectivity index (χ0) is 32.2. The van der Waals surface area contributed by atoms with E-state index >= 15 is 0 Å². The maximum absolute atomic E-state index is 14.9. The minimum atomic E-state index is -3.53. The number of nitrogens with zero attached hydrogens (tertiary/aromatic N) is 3. The highest BCUT2D eigenvalue weighted by atomic mass is 19.3. The first kappa shape index (κ1) is 30.3. The van der Waals surface area contributed by atoms with Crippen LogP contribution in [0, 0.1) is 23.4 Å². The molecular formula is C31H24F7N5O2. The normalized spacial score (nSPS) is 18.7. The molecule has 0 radical (unpaired) electrons. The van der Waals surface area contributed by atoms with Crippen molar-refractivity contribution < 1.29 is 40.3 Å². The van der Waals surface area contributed by atoms with E-state index in [1.807, 2.05) is 0 Å². The number of primary amides is 1. The Labute approximate surface area is 251 Å². The topological polar surface area (TPSA) is 103 Å². The Morgan fingerprint density at radius 1 is 1.04 bits per heavy atom. The fourth-order valence-electron chi connectivity index (χ4n) is 6.14. The summed E-state index contributed by atoms with van der Waals surface area (Å²) in [7, 11) is 0. The lowest BCUT2D eigenvalue weighted by atomic mass is 9.92. The fourth-order valence-corrected chi connectivity index (χ4v) is 6.14. The Balaban J connectivity index is 1.38. The lowest BCUT2D eigenvalue weighted by Gasteiger charge is -2.24. The van der Waals surface area contributed by atoms with Crippen molar-refractivity contribution in [1.82, 2.24) is 20.1 Å². The molecule has 3 N–H and O–H groups in total. The largest absolute Gasteiger partial charge is 0.366 e. The zero-order valence-corrected chi connectivity index (χ0v) is 23.2. The Morgan fingerprint density at radius 3 is 2.47 bits per heavy atom. The summed E-state index contributed by atoms with van der Waals surface area (Å²) < 4.78 is 101. The van der Waals surface area contributed by atoms with Crippen LogP contribution in [0.3, 0.4) is 0 Å². The molecule has 14 heteroatoms. The molecule has 3 unspecified atom stereocenters. The van der Waals surface area contributed by atoms with Crippen molar-refractivity contribution in [2.45, 2.75) is 50.1 Å². The van der Waals surface area contributed by atoms with Crippen LogP contribution < -0.4 is 11.1 Å². The van der Waals surface area contributed by atoms with Gasteiger partial charge in [0.1, 0.15) is 29.7 Å². The second kappa shape index (κ2) is 11.3. The van der Waals surface area contributed by atoms with Crippen molar-refractivity contribution in [2.24, 2.45) is 11.7 Å². The van der Waals surface area contributed by atoms with Crippen LogP contribution in [0.15, 0.2) is 54.7 Å². The van der Waals surface area contributed by atoms with Gasteiger partial charge in [-0.1, -0.05) is 12.1 Å². The Hall–Kier alpha value is -4.75. The van der Waals surface area contributed by atoms with Gasteiger partial charge in [-0.3, -0.25) is 19.3 Å². The summed E-state index contributed by atoms with van der Waals surface area (Å²) >= 11 is 0. The van der Waals surface area contributed by atoms with Gasteiger partial charge in [-0.25, -0.2) is 30.7 Å². The van der Waals surface area contributed by atoms with Crippen LogP contribution in [0.5, 0.6) is 0 Å². The van der Waals surface area contributed by atoms with Gasteiger partial charge in [-0.15, -0.1) is 0 Å². The van der Waals surface area contributed by atoms with Gasteiger partial charge >= 0.3 is 0 Å². The number of nitrogens with one attached hydrogen (secondary N) is 1. The summed E-state index contributed by atoms with van der Waals surface area (Å²) in [5.74, 6) is -8.88. The zero-order valence-electron chi connectivity index (χ0n) is 23.2. The highest BCUT2D eigenvalue weighted by Crippen LogP contribution is 2.62. The number of alkyl halides is 4. The predicted molar refractivity (Wildman–Crippen MR) is 146 cm³/mol. The van der Waals surface area contributed by atoms with Crippen LogP contribution in [0.4, 0.5) is 30.7 Å². The van der Waals surface area contributed by atoms with Gasteiger partial charge in [-0.05, 0) is 60.2 Å². The van der Waals surface area contributed by atoms with Gasteiger partial charge < -0.3 is 11.1 Å². The number of carbonyl (C=O) groups is 2. The van der Waals surface area contributed by atoms with Gasteiger partial charge in [0, 0.05) is 30.2 Å². The molecule has 0 bridgehead atoms. The molecule has 1 saturated carbocycles. The summed E-state index contributed by atoms with van der Waals surface area (Å²) in [4.78, 5) is 29.6. The number of benzene rings is 2. The minimum absolute atomic E-state index is 0.103. The maximum Gasteiger partial charge on any atom is 0.282 e. The molecule has 45 heavy (non-hydrogen) atoms. The van der Waals surface area contributed by atoms with E-state index in [4.69, 9.17) is 5.73 Å². The van der Waals surface area contributed by atoms with Crippen LogP contribution >= 0.6 is 0 Å². The van der Waals surface area contributed by atoms with E-state index in [0.717, 1.165) is 22.9 Å². The van der Waals surface area contributed by atoms with Crippen LogP contribution in [-0.2, 0) is 23.7 Å². The van der Waals surface area contributed by atoms with Gasteiger partial charge in [0.2, 0.25) is 5.91 Å². The Bertz CT molecular complexity index is 1810. The molecule has 0 aliphatic heterocycles. The lowest BCUT2D eigenvalue weighted by molar-refractivity contribution is -0.122. The van der Waals surface area contributed by atoms with E-state index in [2.05, 4.69) is 15.4 Å². The van der Waals surface area contributed by atoms with Crippen molar-refractivity contribution in [3.8, 4) is 11.1 Å². The third-order valence-electron chi connectivity index (χ3n) is 8.09. The Morgan fingerprint density at radius 2 is 1.78 bits per heavy atom. The molecule has 2 aliphatic carbocycles. The average molecular weight is 632 g/mol. The third-order valence-corrected chi connectivity index (χ3v) is 8.09. The minimum Gasteiger partial charge on any atom is -0.366 e. The molecular weight excluding hydrogens is 607 g/mol. The van der Waals surface area contributed by atoms with E-state index in [0.29, 0.717) is 18.1 Å². The number of hydrogen-bond donors (Lipinski definition) is 2. The summed E-state index contributed by atoms with van der Waals surface area (Å²) in [6.45, 7) is -0.701. The van der Waals surface area contributed by atoms with Gasteiger partial charge in [-0.2, -0.15) is 5.10 Å². The van der Waals surface area contributed by atoms with Crippen molar-refractivity contribution in [3.05, 3.63) is 106 Å². The van der Waals surface area contributed by atoms with E-state index in [9.17, 15) is 40.3 Å². The molecule has 1 fully saturated rings. The lowest BCUT2D eigenvalue weighted by Crippen LogP contribution is -2.34.